The number of hydrogen-bond acceptors (Lipinski definition) is 2. The maximum absolute atomic E-state index is 6.47. The molecule has 2 aliphatic rings. The molecule has 1 saturated heterocycles. The van der Waals surface area contributed by atoms with E-state index in [0.29, 0.717) is 6.04 Å². The second kappa shape index (κ2) is 5.39. The summed E-state index contributed by atoms with van der Waals surface area (Å²) >= 11 is 0. The van der Waals surface area contributed by atoms with Gasteiger partial charge in [0.1, 0.15) is 17.4 Å². The van der Waals surface area contributed by atoms with Gasteiger partial charge in [0.25, 0.3) is 0 Å². The Morgan fingerprint density at radius 1 is 1.05 bits per heavy atom. The predicted octanol–water partition coefficient (Wildman–Crippen LogP) is 3.36. The standard InChI is InChI=1S/C17H20N2O.ClH/c1-18-12-8-17(9-13-18)16(19-10-4-5-11-19)14-6-2-3-7-15(14)20-17;/h2-7,10-11,16H,8-9,12-13H2,1H3;1H. The maximum Gasteiger partial charge on any atom is 0.136 e. The Labute approximate surface area is 131 Å². The SMILES string of the molecule is CN1CCC2(CC1)Oc1ccccc1C2n1cccc1.Cl. The van der Waals surface area contributed by atoms with Crippen LogP contribution in [-0.2, 0) is 0 Å². The van der Waals surface area contributed by atoms with Crippen molar-refractivity contribution in [3.8, 4) is 5.75 Å². The van der Waals surface area contributed by atoms with Gasteiger partial charge in [-0.15, -0.1) is 12.4 Å². The number of likely N-dealkylation sites (tertiary alicyclic amines) is 1. The number of hydrogen-bond donors (Lipinski definition) is 0. The normalized spacial score (nSPS) is 23.4. The van der Waals surface area contributed by atoms with Crippen LogP contribution in [0.5, 0.6) is 5.75 Å². The topological polar surface area (TPSA) is 17.4 Å². The molecule has 0 amide bonds. The molecule has 0 N–H and O–H groups in total. The highest BCUT2D eigenvalue weighted by Gasteiger charge is 2.50. The van der Waals surface area contributed by atoms with Gasteiger partial charge < -0.3 is 14.2 Å². The van der Waals surface area contributed by atoms with Crippen LogP contribution in [0.15, 0.2) is 48.8 Å². The van der Waals surface area contributed by atoms with Gasteiger partial charge in [0.2, 0.25) is 0 Å². The molecule has 1 spiro atoms. The quantitative estimate of drug-likeness (QED) is 0.804. The van der Waals surface area contributed by atoms with E-state index < -0.39 is 0 Å². The van der Waals surface area contributed by atoms with Crippen LogP contribution in [0, 0.1) is 0 Å². The first-order valence-corrected chi connectivity index (χ1v) is 7.37. The fraction of sp³-hybridized carbons (Fsp3) is 0.412. The Morgan fingerprint density at radius 3 is 2.43 bits per heavy atom. The summed E-state index contributed by atoms with van der Waals surface area (Å²) in [5.74, 6) is 1.07. The summed E-state index contributed by atoms with van der Waals surface area (Å²) in [4.78, 5) is 2.39. The number of nitrogens with zero attached hydrogens (tertiary/aromatic N) is 2. The Kier molecular flexibility index (Phi) is 3.72. The van der Waals surface area contributed by atoms with E-state index in [1.54, 1.807) is 0 Å². The second-order valence-corrected chi connectivity index (χ2v) is 6.04. The number of rotatable bonds is 1. The average Bonchev–Trinajstić information content (AvgIpc) is 3.07. The van der Waals surface area contributed by atoms with Gasteiger partial charge in [0.15, 0.2) is 0 Å². The molecule has 3 nitrogen and oxygen atoms in total. The second-order valence-electron chi connectivity index (χ2n) is 6.04. The van der Waals surface area contributed by atoms with Crippen LogP contribution in [0.2, 0.25) is 0 Å². The lowest BCUT2D eigenvalue weighted by atomic mass is 9.82. The summed E-state index contributed by atoms with van der Waals surface area (Å²) in [6.07, 6.45) is 6.49. The Balaban J connectivity index is 0.00000132. The molecule has 4 rings (SSSR count). The molecule has 0 bridgehead atoms. The molecule has 2 aliphatic heterocycles. The number of halogens is 1. The zero-order chi connectivity index (χ0) is 13.6. The number of ether oxygens (including phenoxy) is 1. The van der Waals surface area contributed by atoms with Crippen molar-refractivity contribution in [2.45, 2.75) is 24.5 Å². The minimum atomic E-state index is -0.0742. The molecule has 112 valence electrons. The first kappa shape index (κ1) is 14.5. The van der Waals surface area contributed by atoms with E-state index in [2.05, 4.69) is 65.3 Å². The van der Waals surface area contributed by atoms with Crippen LogP contribution < -0.4 is 4.74 Å². The van der Waals surface area contributed by atoms with Crippen LogP contribution in [0.1, 0.15) is 24.4 Å². The van der Waals surface area contributed by atoms with Crippen LogP contribution >= 0.6 is 12.4 Å². The van der Waals surface area contributed by atoms with Gasteiger partial charge in [-0.2, -0.15) is 0 Å². The summed E-state index contributed by atoms with van der Waals surface area (Å²) in [5.41, 5.74) is 1.25. The van der Waals surface area contributed by atoms with Crippen LogP contribution in [-0.4, -0.2) is 35.2 Å². The highest BCUT2D eigenvalue weighted by atomic mass is 35.5. The van der Waals surface area contributed by atoms with Gasteiger partial charge in [0, 0.05) is 43.9 Å². The zero-order valence-corrected chi connectivity index (χ0v) is 13.1. The molecule has 1 fully saturated rings. The van der Waals surface area contributed by atoms with E-state index in [1.807, 2.05) is 0 Å². The predicted molar refractivity (Wildman–Crippen MR) is 86.4 cm³/mol. The molecule has 1 atom stereocenters. The molecule has 1 aromatic heterocycles. The van der Waals surface area contributed by atoms with E-state index >= 15 is 0 Å². The lowest BCUT2D eigenvalue weighted by Gasteiger charge is -2.41. The Bertz CT molecular complexity index is 603. The average molecular weight is 305 g/mol. The highest BCUT2D eigenvalue weighted by molar-refractivity contribution is 5.85. The van der Waals surface area contributed by atoms with Gasteiger partial charge >= 0.3 is 0 Å². The lowest BCUT2D eigenvalue weighted by Crippen LogP contribution is -2.49. The van der Waals surface area contributed by atoms with Crippen molar-refractivity contribution < 1.29 is 4.74 Å². The van der Waals surface area contributed by atoms with Crippen LogP contribution in [0.25, 0.3) is 0 Å². The number of piperidine rings is 1. The van der Waals surface area contributed by atoms with Gasteiger partial charge in [-0.1, -0.05) is 18.2 Å². The van der Waals surface area contributed by atoms with E-state index in [9.17, 15) is 0 Å². The van der Waals surface area contributed by atoms with Crippen molar-refractivity contribution in [1.29, 1.82) is 0 Å². The van der Waals surface area contributed by atoms with Crippen LogP contribution in [0.3, 0.4) is 0 Å². The summed E-state index contributed by atoms with van der Waals surface area (Å²) in [6.45, 7) is 2.21. The van der Waals surface area contributed by atoms with Crippen molar-refractivity contribution in [3.05, 3.63) is 54.4 Å². The molecule has 0 saturated carbocycles. The van der Waals surface area contributed by atoms with Gasteiger partial charge in [0.05, 0.1) is 0 Å². The molecule has 0 radical (unpaired) electrons. The third-order valence-corrected chi connectivity index (χ3v) is 4.78. The van der Waals surface area contributed by atoms with Crippen molar-refractivity contribution in [2.75, 3.05) is 20.1 Å². The molecule has 21 heavy (non-hydrogen) atoms. The van der Waals surface area contributed by atoms with Gasteiger partial charge in [-0.05, 0) is 25.2 Å². The highest BCUT2D eigenvalue weighted by Crippen LogP contribution is 2.50. The molecule has 2 aromatic rings. The van der Waals surface area contributed by atoms with E-state index in [-0.39, 0.29) is 18.0 Å². The Morgan fingerprint density at radius 2 is 1.71 bits per heavy atom. The van der Waals surface area contributed by atoms with E-state index in [0.717, 1.165) is 31.7 Å². The smallest absolute Gasteiger partial charge is 0.136 e. The van der Waals surface area contributed by atoms with E-state index in [1.165, 1.54) is 5.56 Å². The fourth-order valence-corrected chi connectivity index (χ4v) is 3.68. The fourth-order valence-electron chi connectivity index (χ4n) is 3.68. The third-order valence-electron chi connectivity index (χ3n) is 4.78. The van der Waals surface area contributed by atoms with Crippen molar-refractivity contribution in [2.24, 2.45) is 0 Å². The summed E-state index contributed by atoms with van der Waals surface area (Å²) < 4.78 is 8.79. The first-order chi connectivity index (χ1) is 9.78. The molecule has 4 heteroatoms. The Hall–Kier alpha value is -1.45. The first-order valence-electron chi connectivity index (χ1n) is 7.37. The minimum absolute atomic E-state index is 0. The maximum atomic E-state index is 6.47. The largest absolute Gasteiger partial charge is 0.484 e. The molecule has 3 heterocycles. The molecular formula is C17H21ClN2O. The minimum Gasteiger partial charge on any atom is -0.484 e. The van der Waals surface area contributed by atoms with Gasteiger partial charge in [-0.25, -0.2) is 0 Å². The molecule has 1 unspecified atom stereocenters. The van der Waals surface area contributed by atoms with Gasteiger partial charge in [-0.3, -0.25) is 0 Å². The summed E-state index contributed by atoms with van der Waals surface area (Å²) in [6, 6.07) is 13.0. The molecule has 1 aromatic carbocycles. The molecule has 0 aliphatic carbocycles. The van der Waals surface area contributed by atoms with Crippen LogP contribution in [0.4, 0.5) is 0 Å². The summed E-state index contributed by atoms with van der Waals surface area (Å²) in [7, 11) is 2.19. The lowest BCUT2D eigenvalue weighted by molar-refractivity contribution is -0.000792. The van der Waals surface area contributed by atoms with E-state index in [4.69, 9.17) is 4.74 Å². The number of benzene rings is 1. The monoisotopic (exact) mass is 304 g/mol. The zero-order valence-electron chi connectivity index (χ0n) is 12.2. The third kappa shape index (κ3) is 2.25. The molecular weight excluding hydrogens is 284 g/mol. The number of fused-ring (bicyclic) bond motifs is 1. The van der Waals surface area contributed by atoms with Crippen molar-refractivity contribution in [1.82, 2.24) is 9.47 Å². The number of para-hydroxylation sites is 1. The summed E-state index contributed by atoms with van der Waals surface area (Å²) in [5, 5.41) is 0. The number of aromatic nitrogens is 1. The van der Waals surface area contributed by atoms with Crippen molar-refractivity contribution in [3.63, 3.8) is 0 Å². The van der Waals surface area contributed by atoms with Crippen molar-refractivity contribution >= 4 is 12.4 Å².